The summed E-state index contributed by atoms with van der Waals surface area (Å²) in [5.41, 5.74) is 0.809. The molecule has 1 N–H and O–H groups in total. The van der Waals surface area contributed by atoms with E-state index in [0.29, 0.717) is 18.1 Å². The number of nitro groups is 1. The van der Waals surface area contributed by atoms with Crippen molar-refractivity contribution in [2.24, 2.45) is 0 Å². The summed E-state index contributed by atoms with van der Waals surface area (Å²) in [5, 5.41) is 13.0. The van der Waals surface area contributed by atoms with Crippen LogP contribution in [0.3, 0.4) is 0 Å². The molecule has 0 bridgehead atoms. The number of hydrogen-bond donors (Lipinski definition) is 1. The van der Waals surface area contributed by atoms with Gasteiger partial charge in [0.05, 0.1) is 4.92 Å². The molecule has 0 fully saturated rings. The second kappa shape index (κ2) is 6.55. The second-order valence-corrected chi connectivity index (χ2v) is 3.79. The molecule has 18 heavy (non-hydrogen) atoms. The highest BCUT2D eigenvalue weighted by Gasteiger charge is 2.09. The summed E-state index contributed by atoms with van der Waals surface area (Å²) < 4.78 is 0. The highest BCUT2D eigenvalue weighted by molar-refractivity contribution is 6.29. The van der Waals surface area contributed by atoms with Crippen molar-refractivity contribution in [1.29, 1.82) is 0 Å². The molecule has 1 aromatic rings. The molecule has 1 heterocycles. The maximum Gasteiger partial charge on any atom is 0.274 e. The van der Waals surface area contributed by atoms with E-state index in [1.54, 1.807) is 25.4 Å². The fraction of sp³-hybridized carbons (Fsp3) is 0.200. The summed E-state index contributed by atoms with van der Waals surface area (Å²) >= 11 is 5.65. The van der Waals surface area contributed by atoms with Gasteiger partial charge in [0.25, 0.3) is 6.20 Å². The van der Waals surface area contributed by atoms with Crippen molar-refractivity contribution < 1.29 is 9.72 Å². The number of hydrogen-bond acceptors (Lipinski definition) is 5. The second-order valence-electron chi connectivity index (χ2n) is 3.41. The smallest absolute Gasteiger partial charge is 0.274 e. The zero-order valence-electron chi connectivity index (χ0n) is 9.54. The summed E-state index contributed by atoms with van der Waals surface area (Å²) in [6.07, 6.45) is 2.66. The number of nitrogens with one attached hydrogen (secondary N) is 1. The Morgan fingerprint density at radius 1 is 1.67 bits per heavy atom. The number of carbonyl (C=O) groups is 1. The molecule has 0 aliphatic carbocycles. The lowest BCUT2D eigenvalue weighted by atomic mass is 10.3. The third kappa shape index (κ3) is 4.38. The first kappa shape index (κ1) is 13.9. The molecule has 0 saturated carbocycles. The maximum atomic E-state index is 10.4. The van der Waals surface area contributed by atoms with Crippen LogP contribution >= 0.6 is 11.6 Å². The third-order valence-electron chi connectivity index (χ3n) is 2.05. The monoisotopic (exact) mass is 270 g/mol. The quantitative estimate of drug-likeness (QED) is 0.360. The molecule has 1 amide bonds. The van der Waals surface area contributed by atoms with Gasteiger partial charge in [0.2, 0.25) is 6.41 Å². The predicted octanol–water partition coefficient (Wildman–Crippen LogP) is 0.988. The van der Waals surface area contributed by atoms with E-state index >= 15 is 0 Å². The minimum Gasteiger partial charge on any atom is -0.352 e. The average Bonchev–Trinajstić information content (AvgIpc) is 2.31. The molecule has 0 radical (unpaired) electrons. The highest BCUT2D eigenvalue weighted by Crippen LogP contribution is 2.09. The zero-order valence-corrected chi connectivity index (χ0v) is 10.3. The van der Waals surface area contributed by atoms with Gasteiger partial charge in [-0.3, -0.25) is 14.9 Å². The average molecular weight is 271 g/mol. The Labute approximate surface area is 108 Å². The predicted molar refractivity (Wildman–Crippen MR) is 65.0 cm³/mol. The van der Waals surface area contributed by atoms with Crippen LogP contribution in [0.5, 0.6) is 0 Å². The number of carbonyl (C=O) groups excluding carboxylic acids is 1. The van der Waals surface area contributed by atoms with Gasteiger partial charge in [0.15, 0.2) is 5.82 Å². The fourth-order valence-corrected chi connectivity index (χ4v) is 1.38. The molecular formula is C10H11ClN4O3. The molecule has 0 unspecified atom stereocenters. The van der Waals surface area contributed by atoms with Gasteiger partial charge < -0.3 is 10.2 Å². The minimum absolute atomic E-state index is 0.0879. The van der Waals surface area contributed by atoms with E-state index in [-0.39, 0.29) is 5.82 Å². The number of aromatic nitrogens is 1. The van der Waals surface area contributed by atoms with Crippen molar-refractivity contribution in [1.82, 2.24) is 15.2 Å². The van der Waals surface area contributed by atoms with Crippen LogP contribution in [0.1, 0.15) is 5.56 Å². The Bertz CT molecular complexity index is 461. The van der Waals surface area contributed by atoms with E-state index in [1.165, 1.54) is 4.90 Å². The van der Waals surface area contributed by atoms with Gasteiger partial charge in [-0.1, -0.05) is 17.7 Å². The van der Waals surface area contributed by atoms with Crippen molar-refractivity contribution in [3.05, 3.63) is 51.2 Å². The molecular weight excluding hydrogens is 260 g/mol. The van der Waals surface area contributed by atoms with Gasteiger partial charge in [-0.25, -0.2) is 4.98 Å². The van der Waals surface area contributed by atoms with E-state index < -0.39 is 4.92 Å². The van der Waals surface area contributed by atoms with Crippen molar-refractivity contribution in [3.63, 3.8) is 0 Å². The largest absolute Gasteiger partial charge is 0.352 e. The molecule has 1 rings (SSSR count). The Balaban J connectivity index is 2.78. The highest BCUT2D eigenvalue weighted by atomic mass is 35.5. The Hall–Kier alpha value is -2.15. The third-order valence-corrected chi connectivity index (χ3v) is 2.28. The lowest BCUT2D eigenvalue weighted by molar-refractivity contribution is -0.404. The molecule has 0 aliphatic rings. The number of pyridine rings is 1. The number of amides is 1. The summed E-state index contributed by atoms with van der Waals surface area (Å²) in [7, 11) is 1.61. The normalized spacial score (nSPS) is 10.9. The van der Waals surface area contributed by atoms with Crippen LogP contribution in [0.25, 0.3) is 0 Å². The lowest BCUT2D eigenvalue weighted by Gasteiger charge is -2.19. The van der Waals surface area contributed by atoms with E-state index in [2.05, 4.69) is 10.3 Å². The van der Waals surface area contributed by atoms with Crippen LogP contribution in [0.2, 0.25) is 5.15 Å². The summed E-state index contributed by atoms with van der Waals surface area (Å²) in [6.45, 7) is 0.352. The first-order valence-electron chi connectivity index (χ1n) is 4.90. The summed E-state index contributed by atoms with van der Waals surface area (Å²) in [4.78, 5) is 25.5. The molecule has 96 valence electrons. The van der Waals surface area contributed by atoms with E-state index in [9.17, 15) is 14.9 Å². The number of halogens is 1. The van der Waals surface area contributed by atoms with E-state index in [0.717, 1.165) is 11.8 Å². The zero-order chi connectivity index (χ0) is 13.5. The lowest BCUT2D eigenvalue weighted by Crippen LogP contribution is -2.28. The molecule has 0 aromatic carbocycles. The van der Waals surface area contributed by atoms with Crippen LogP contribution in [0.15, 0.2) is 30.4 Å². The molecule has 0 saturated heterocycles. The molecule has 7 nitrogen and oxygen atoms in total. The molecule has 0 aliphatic heterocycles. The van der Waals surface area contributed by atoms with Gasteiger partial charge >= 0.3 is 0 Å². The summed E-state index contributed by atoms with van der Waals surface area (Å²) in [5.74, 6) is 0.0879. The SMILES string of the molecule is CN(Cc1ccc(Cl)nc1)C(=C[N+](=O)[O-])NC=O. The maximum absolute atomic E-state index is 10.4. The van der Waals surface area contributed by atoms with Gasteiger partial charge in [-0.15, -0.1) is 0 Å². The molecule has 1 aromatic heterocycles. The molecule has 8 heteroatoms. The topological polar surface area (TPSA) is 88.4 Å². The van der Waals surface area contributed by atoms with E-state index in [1.807, 2.05) is 0 Å². The first-order valence-corrected chi connectivity index (χ1v) is 5.28. The minimum atomic E-state index is -0.636. The van der Waals surface area contributed by atoms with E-state index in [4.69, 9.17) is 11.6 Å². The van der Waals surface area contributed by atoms with Crippen molar-refractivity contribution >= 4 is 18.0 Å². The fourth-order valence-electron chi connectivity index (χ4n) is 1.27. The van der Waals surface area contributed by atoms with Gasteiger partial charge in [-0.05, 0) is 11.6 Å². The van der Waals surface area contributed by atoms with Crippen molar-refractivity contribution in [3.8, 4) is 0 Å². The van der Waals surface area contributed by atoms with Crippen molar-refractivity contribution in [2.75, 3.05) is 7.05 Å². The number of rotatable bonds is 6. The van der Waals surface area contributed by atoms with Gasteiger partial charge in [-0.2, -0.15) is 0 Å². The Morgan fingerprint density at radius 2 is 2.39 bits per heavy atom. The number of nitrogens with zero attached hydrogens (tertiary/aromatic N) is 3. The van der Waals surface area contributed by atoms with Crippen LogP contribution in [-0.2, 0) is 11.3 Å². The Morgan fingerprint density at radius 3 is 2.89 bits per heavy atom. The van der Waals surface area contributed by atoms with Crippen LogP contribution in [-0.4, -0.2) is 28.3 Å². The standard InChI is InChI=1S/C10H11ClN4O3/c1-14(10(13-7-16)6-15(17)18)5-8-2-3-9(11)12-4-8/h2-4,6-7H,5H2,1H3,(H,13,16). The van der Waals surface area contributed by atoms with Crippen LogP contribution < -0.4 is 5.32 Å². The van der Waals surface area contributed by atoms with Crippen LogP contribution in [0, 0.1) is 10.1 Å². The molecule has 0 atom stereocenters. The van der Waals surface area contributed by atoms with Crippen LogP contribution in [0.4, 0.5) is 0 Å². The van der Waals surface area contributed by atoms with Crippen molar-refractivity contribution in [2.45, 2.75) is 6.54 Å². The molecule has 0 spiro atoms. The Kier molecular flexibility index (Phi) is 5.06. The van der Waals surface area contributed by atoms with Gasteiger partial charge in [0, 0.05) is 19.8 Å². The first-order chi connectivity index (χ1) is 8.52. The van der Waals surface area contributed by atoms with Gasteiger partial charge in [0.1, 0.15) is 5.15 Å². The summed E-state index contributed by atoms with van der Waals surface area (Å²) in [6, 6.07) is 3.37.